The quantitative estimate of drug-likeness (QED) is 0.944. The van der Waals surface area contributed by atoms with Crippen molar-refractivity contribution in [2.75, 3.05) is 13.3 Å². The fraction of sp³-hybridized carbons (Fsp3) is 0.412. The van der Waals surface area contributed by atoms with Gasteiger partial charge in [-0.15, -0.1) is 0 Å². The lowest BCUT2D eigenvalue weighted by Gasteiger charge is -2.25. The number of aromatic amines is 1. The number of aromatic nitrogens is 2. The molecule has 0 saturated carbocycles. The number of amides is 1. The van der Waals surface area contributed by atoms with E-state index in [0.717, 1.165) is 47.8 Å². The number of benzene rings is 1. The molecule has 120 valence electrons. The fourth-order valence-corrected chi connectivity index (χ4v) is 3.34. The monoisotopic (exact) mass is 313 g/mol. The zero-order chi connectivity index (χ0) is 15.8. The molecular weight excluding hydrogens is 294 g/mol. The highest BCUT2D eigenvalue weighted by Gasteiger charge is 2.31. The van der Waals surface area contributed by atoms with Crippen LogP contribution in [0.15, 0.2) is 24.5 Å². The predicted octanol–water partition coefficient (Wildman–Crippen LogP) is 2.35. The summed E-state index contributed by atoms with van der Waals surface area (Å²) in [4.78, 5) is 21.9. The molecule has 0 bridgehead atoms. The highest BCUT2D eigenvalue weighted by atomic mass is 16.7. The van der Waals surface area contributed by atoms with Crippen LogP contribution in [0.4, 0.5) is 0 Å². The Balaban J connectivity index is 1.54. The zero-order valence-electron chi connectivity index (χ0n) is 13.0. The molecule has 6 nitrogen and oxygen atoms in total. The molecule has 1 aromatic heterocycles. The van der Waals surface area contributed by atoms with Gasteiger partial charge in [0.15, 0.2) is 11.5 Å². The maximum atomic E-state index is 12.7. The van der Waals surface area contributed by atoms with Gasteiger partial charge in [0.1, 0.15) is 0 Å². The molecule has 4 rings (SSSR count). The van der Waals surface area contributed by atoms with E-state index in [9.17, 15) is 4.79 Å². The first-order valence-corrected chi connectivity index (χ1v) is 7.90. The smallest absolute Gasteiger partial charge is 0.231 e. The first-order valence-electron chi connectivity index (χ1n) is 7.90. The van der Waals surface area contributed by atoms with Gasteiger partial charge in [0.2, 0.25) is 12.7 Å². The molecule has 2 aliphatic heterocycles. The predicted molar refractivity (Wildman–Crippen MR) is 83.3 cm³/mol. The van der Waals surface area contributed by atoms with Gasteiger partial charge in [-0.3, -0.25) is 4.79 Å². The number of nitrogens with one attached hydrogen (secondary N) is 1. The maximum Gasteiger partial charge on any atom is 0.231 e. The van der Waals surface area contributed by atoms with Gasteiger partial charge in [-0.2, -0.15) is 0 Å². The van der Waals surface area contributed by atoms with E-state index in [1.165, 1.54) is 0 Å². The van der Waals surface area contributed by atoms with Crippen LogP contribution in [-0.2, 0) is 11.2 Å². The molecule has 0 radical (unpaired) electrons. The molecule has 6 heteroatoms. The van der Waals surface area contributed by atoms with E-state index in [4.69, 9.17) is 9.47 Å². The minimum absolute atomic E-state index is 0.108. The Bertz CT molecular complexity index is 740. The third-order valence-electron chi connectivity index (χ3n) is 4.61. The number of carbonyl (C=O) groups excluding carboxylic acids is 1. The number of ether oxygens (including phenoxy) is 2. The number of H-pyrrole nitrogens is 1. The lowest BCUT2D eigenvalue weighted by molar-refractivity contribution is -0.131. The minimum atomic E-state index is 0.108. The molecule has 1 unspecified atom stereocenters. The summed E-state index contributed by atoms with van der Waals surface area (Å²) in [5, 5.41) is 0. The minimum Gasteiger partial charge on any atom is -0.454 e. The number of hydrogen-bond donors (Lipinski definition) is 1. The molecule has 3 heterocycles. The van der Waals surface area contributed by atoms with Gasteiger partial charge in [-0.25, -0.2) is 4.98 Å². The average molecular weight is 313 g/mol. The second-order valence-electron chi connectivity index (χ2n) is 6.01. The molecule has 1 fully saturated rings. The Kier molecular flexibility index (Phi) is 3.44. The van der Waals surface area contributed by atoms with Crippen LogP contribution in [-0.4, -0.2) is 34.1 Å². The summed E-state index contributed by atoms with van der Waals surface area (Å²) in [6, 6.07) is 6.06. The summed E-state index contributed by atoms with van der Waals surface area (Å²) in [6.07, 6.45) is 3.98. The normalized spacial score (nSPS) is 19.3. The van der Waals surface area contributed by atoms with Gasteiger partial charge < -0.3 is 19.4 Å². The Hall–Kier alpha value is -2.50. The summed E-state index contributed by atoms with van der Waals surface area (Å²) < 4.78 is 10.8. The van der Waals surface area contributed by atoms with E-state index in [2.05, 4.69) is 9.97 Å². The number of hydrogen-bond acceptors (Lipinski definition) is 4. The van der Waals surface area contributed by atoms with Crippen LogP contribution in [0, 0.1) is 6.92 Å². The molecular formula is C17H19N3O3. The summed E-state index contributed by atoms with van der Waals surface area (Å²) in [5.74, 6) is 1.67. The van der Waals surface area contributed by atoms with Gasteiger partial charge in [-0.1, -0.05) is 6.07 Å². The molecule has 1 atom stereocenters. The van der Waals surface area contributed by atoms with Crippen molar-refractivity contribution < 1.29 is 14.3 Å². The molecule has 0 aliphatic carbocycles. The Morgan fingerprint density at radius 2 is 2.26 bits per heavy atom. The van der Waals surface area contributed by atoms with Crippen molar-refractivity contribution in [1.29, 1.82) is 0 Å². The number of carbonyl (C=O) groups is 1. The van der Waals surface area contributed by atoms with Gasteiger partial charge in [0.25, 0.3) is 0 Å². The van der Waals surface area contributed by atoms with E-state index in [1.54, 1.807) is 6.33 Å². The molecule has 1 N–H and O–H groups in total. The van der Waals surface area contributed by atoms with Crippen LogP contribution in [0.1, 0.15) is 35.8 Å². The molecule has 2 aromatic rings. The fourth-order valence-electron chi connectivity index (χ4n) is 3.34. The van der Waals surface area contributed by atoms with Gasteiger partial charge in [0.05, 0.1) is 24.5 Å². The first-order chi connectivity index (χ1) is 11.2. The van der Waals surface area contributed by atoms with Crippen molar-refractivity contribution in [2.24, 2.45) is 0 Å². The first kappa shape index (κ1) is 14.1. The van der Waals surface area contributed by atoms with E-state index < -0.39 is 0 Å². The second kappa shape index (κ2) is 5.61. The van der Waals surface area contributed by atoms with Crippen molar-refractivity contribution in [3.8, 4) is 11.5 Å². The van der Waals surface area contributed by atoms with Gasteiger partial charge >= 0.3 is 0 Å². The van der Waals surface area contributed by atoms with Crippen LogP contribution in [0.2, 0.25) is 0 Å². The Morgan fingerprint density at radius 3 is 3.09 bits per heavy atom. The highest BCUT2D eigenvalue weighted by molar-refractivity contribution is 5.79. The summed E-state index contributed by atoms with van der Waals surface area (Å²) in [6.45, 7) is 3.00. The topological polar surface area (TPSA) is 67.5 Å². The lowest BCUT2D eigenvalue weighted by atomic mass is 10.0. The standard InChI is InChI=1S/C17H19N3O3/c1-11-13(19-9-18-11)8-17(21)20-6-2-3-14(20)12-4-5-15-16(7-12)23-10-22-15/h4-5,7,9,14H,2-3,6,8,10H2,1H3,(H,18,19). The highest BCUT2D eigenvalue weighted by Crippen LogP contribution is 2.39. The van der Waals surface area contributed by atoms with E-state index in [0.29, 0.717) is 6.42 Å². The van der Waals surface area contributed by atoms with Crippen molar-refractivity contribution in [1.82, 2.24) is 14.9 Å². The average Bonchev–Trinajstić information content (AvgIpc) is 3.27. The van der Waals surface area contributed by atoms with Crippen LogP contribution < -0.4 is 9.47 Å². The third kappa shape index (κ3) is 2.54. The molecule has 0 spiro atoms. The van der Waals surface area contributed by atoms with E-state index >= 15 is 0 Å². The number of fused-ring (bicyclic) bond motifs is 1. The van der Waals surface area contributed by atoms with Crippen LogP contribution in [0.3, 0.4) is 0 Å². The third-order valence-corrected chi connectivity index (χ3v) is 4.61. The molecule has 1 amide bonds. The van der Waals surface area contributed by atoms with Crippen LogP contribution in [0.5, 0.6) is 11.5 Å². The number of imidazole rings is 1. The number of rotatable bonds is 3. The largest absolute Gasteiger partial charge is 0.454 e. The van der Waals surface area contributed by atoms with Crippen molar-refractivity contribution in [2.45, 2.75) is 32.2 Å². The SMILES string of the molecule is Cc1[nH]cnc1CC(=O)N1CCCC1c1ccc2c(c1)OCO2. The van der Waals surface area contributed by atoms with Crippen molar-refractivity contribution in [3.05, 3.63) is 41.5 Å². The number of aryl methyl sites for hydroxylation is 1. The second-order valence-corrected chi connectivity index (χ2v) is 6.01. The Labute approximate surface area is 134 Å². The van der Waals surface area contributed by atoms with E-state index in [1.807, 2.05) is 30.0 Å². The Morgan fingerprint density at radius 1 is 1.39 bits per heavy atom. The summed E-state index contributed by atoms with van der Waals surface area (Å²) in [7, 11) is 0. The van der Waals surface area contributed by atoms with Crippen LogP contribution >= 0.6 is 0 Å². The molecule has 2 aliphatic rings. The summed E-state index contributed by atoms with van der Waals surface area (Å²) >= 11 is 0. The van der Waals surface area contributed by atoms with Crippen molar-refractivity contribution >= 4 is 5.91 Å². The number of likely N-dealkylation sites (tertiary alicyclic amines) is 1. The van der Waals surface area contributed by atoms with Crippen LogP contribution in [0.25, 0.3) is 0 Å². The van der Waals surface area contributed by atoms with Gasteiger partial charge in [-0.05, 0) is 37.5 Å². The van der Waals surface area contributed by atoms with E-state index in [-0.39, 0.29) is 18.7 Å². The van der Waals surface area contributed by atoms with Crippen molar-refractivity contribution in [3.63, 3.8) is 0 Å². The molecule has 1 saturated heterocycles. The summed E-state index contributed by atoms with van der Waals surface area (Å²) in [5.41, 5.74) is 2.89. The van der Waals surface area contributed by atoms with Gasteiger partial charge in [0, 0.05) is 12.2 Å². The maximum absolute atomic E-state index is 12.7. The zero-order valence-corrected chi connectivity index (χ0v) is 13.0. The molecule has 23 heavy (non-hydrogen) atoms. The molecule has 1 aromatic carbocycles. The lowest BCUT2D eigenvalue weighted by Crippen LogP contribution is -2.32. The number of nitrogens with zero attached hydrogens (tertiary/aromatic N) is 2.